The highest BCUT2D eigenvalue weighted by Gasteiger charge is 2.23. The van der Waals surface area contributed by atoms with Crippen LogP contribution < -0.4 is 10.6 Å². The number of carbonyl (C=O) groups is 1. The maximum absolute atomic E-state index is 12.6. The van der Waals surface area contributed by atoms with Gasteiger partial charge in [-0.25, -0.2) is 19.7 Å². The molecule has 0 saturated heterocycles. The number of rotatable bonds is 5. The van der Waals surface area contributed by atoms with Gasteiger partial charge in [-0.3, -0.25) is 0 Å². The SMILES string of the molecule is CC(CO)Nc1ncc2c(n1)CN(C(=O)NCc1nc3ccccc3o1)CC2. The van der Waals surface area contributed by atoms with Crippen LogP contribution in [0.5, 0.6) is 0 Å². The van der Waals surface area contributed by atoms with Gasteiger partial charge in [-0.05, 0) is 31.0 Å². The molecule has 1 aromatic carbocycles. The first kappa shape index (κ1) is 18.2. The predicted molar refractivity (Wildman–Crippen MR) is 103 cm³/mol. The van der Waals surface area contributed by atoms with Crippen molar-refractivity contribution in [1.29, 1.82) is 0 Å². The highest BCUT2D eigenvalue weighted by atomic mass is 16.3. The van der Waals surface area contributed by atoms with Crippen LogP contribution in [0.1, 0.15) is 24.1 Å². The summed E-state index contributed by atoms with van der Waals surface area (Å²) in [6.45, 7) is 3.05. The van der Waals surface area contributed by atoms with E-state index in [2.05, 4.69) is 25.6 Å². The third-order valence-electron chi connectivity index (χ3n) is 4.61. The largest absolute Gasteiger partial charge is 0.439 e. The minimum absolute atomic E-state index is 0.00913. The van der Waals surface area contributed by atoms with Crippen LogP contribution in [0.4, 0.5) is 10.7 Å². The monoisotopic (exact) mass is 382 g/mol. The van der Waals surface area contributed by atoms with Gasteiger partial charge in [0.1, 0.15) is 5.52 Å². The van der Waals surface area contributed by atoms with E-state index in [-0.39, 0.29) is 25.2 Å². The Labute approximate surface area is 161 Å². The fourth-order valence-electron chi connectivity index (χ4n) is 3.07. The van der Waals surface area contributed by atoms with Gasteiger partial charge in [-0.15, -0.1) is 0 Å². The van der Waals surface area contributed by atoms with E-state index < -0.39 is 0 Å². The van der Waals surface area contributed by atoms with Crippen molar-refractivity contribution in [1.82, 2.24) is 25.2 Å². The Kier molecular flexibility index (Phi) is 5.07. The Bertz CT molecular complexity index is 956. The molecule has 0 radical (unpaired) electrons. The molecule has 1 unspecified atom stereocenters. The lowest BCUT2D eigenvalue weighted by Crippen LogP contribution is -2.43. The van der Waals surface area contributed by atoms with Crippen molar-refractivity contribution in [2.45, 2.75) is 32.5 Å². The van der Waals surface area contributed by atoms with Crippen LogP contribution in [0.25, 0.3) is 11.1 Å². The first-order chi connectivity index (χ1) is 13.6. The summed E-state index contributed by atoms with van der Waals surface area (Å²) in [6, 6.07) is 7.16. The molecule has 1 aliphatic heterocycles. The maximum Gasteiger partial charge on any atom is 0.318 e. The van der Waals surface area contributed by atoms with Gasteiger partial charge in [-0.1, -0.05) is 12.1 Å². The summed E-state index contributed by atoms with van der Waals surface area (Å²) < 4.78 is 5.63. The summed E-state index contributed by atoms with van der Waals surface area (Å²) in [5, 5.41) is 15.0. The molecule has 28 heavy (non-hydrogen) atoms. The van der Waals surface area contributed by atoms with Gasteiger partial charge in [0, 0.05) is 18.8 Å². The van der Waals surface area contributed by atoms with Crippen LogP contribution in [0.3, 0.4) is 0 Å². The molecule has 0 spiro atoms. The molecule has 3 N–H and O–H groups in total. The van der Waals surface area contributed by atoms with Gasteiger partial charge in [0.2, 0.25) is 11.8 Å². The number of anilines is 1. The predicted octanol–water partition coefficient (Wildman–Crippen LogP) is 1.68. The van der Waals surface area contributed by atoms with Crippen LogP contribution in [-0.4, -0.2) is 50.2 Å². The second-order valence-electron chi connectivity index (χ2n) is 6.80. The molecular formula is C19H22N6O3. The van der Waals surface area contributed by atoms with Gasteiger partial charge >= 0.3 is 6.03 Å². The molecule has 0 bridgehead atoms. The molecule has 9 heteroatoms. The first-order valence-corrected chi connectivity index (χ1v) is 9.22. The molecule has 3 aromatic rings. The number of hydrogen-bond donors (Lipinski definition) is 3. The van der Waals surface area contributed by atoms with E-state index in [4.69, 9.17) is 9.52 Å². The molecule has 0 aliphatic carbocycles. The Morgan fingerprint density at radius 2 is 2.21 bits per heavy atom. The number of aliphatic hydroxyl groups is 1. The number of para-hydroxylation sites is 2. The van der Waals surface area contributed by atoms with Gasteiger partial charge in [0.15, 0.2) is 5.58 Å². The lowest BCUT2D eigenvalue weighted by molar-refractivity contribution is 0.190. The quantitative estimate of drug-likeness (QED) is 0.615. The van der Waals surface area contributed by atoms with E-state index in [1.807, 2.05) is 31.2 Å². The lowest BCUT2D eigenvalue weighted by Gasteiger charge is -2.28. The number of fused-ring (bicyclic) bond motifs is 2. The standard InChI is InChI=1S/C19H22N6O3/c1-12(11-26)22-18-20-8-13-6-7-25(10-15(13)24-18)19(27)21-9-17-23-14-4-2-3-5-16(14)28-17/h2-5,8,12,26H,6-7,9-11H2,1H3,(H,21,27)(H,20,22,24). The van der Waals surface area contributed by atoms with E-state index >= 15 is 0 Å². The third-order valence-corrected chi connectivity index (χ3v) is 4.61. The lowest BCUT2D eigenvalue weighted by atomic mass is 10.1. The van der Waals surface area contributed by atoms with Crippen molar-refractivity contribution in [3.63, 3.8) is 0 Å². The van der Waals surface area contributed by atoms with Gasteiger partial charge in [0.05, 0.1) is 25.4 Å². The zero-order chi connectivity index (χ0) is 19.5. The Morgan fingerprint density at radius 1 is 1.36 bits per heavy atom. The fraction of sp³-hybridized carbons (Fsp3) is 0.368. The van der Waals surface area contributed by atoms with Crippen molar-refractivity contribution in [2.24, 2.45) is 0 Å². The van der Waals surface area contributed by atoms with Crippen LogP contribution in [-0.2, 0) is 19.5 Å². The number of aromatic nitrogens is 3. The average molecular weight is 382 g/mol. The van der Waals surface area contributed by atoms with Crippen LogP contribution in [0.15, 0.2) is 34.9 Å². The van der Waals surface area contributed by atoms with Crippen molar-refractivity contribution in [2.75, 3.05) is 18.5 Å². The van der Waals surface area contributed by atoms with Gasteiger partial charge in [0.25, 0.3) is 0 Å². The Hall–Kier alpha value is -3.20. The van der Waals surface area contributed by atoms with Gasteiger partial charge in [-0.2, -0.15) is 0 Å². The number of benzene rings is 1. The summed E-state index contributed by atoms with van der Waals surface area (Å²) in [4.78, 5) is 27.4. The van der Waals surface area contributed by atoms with E-state index in [1.165, 1.54) is 0 Å². The van der Waals surface area contributed by atoms with E-state index in [0.29, 0.717) is 36.9 Å². The molecule has 0 fully saturated rings. The maximum atomic E-state index is 12.6. The van der Waals surface area contributed by atoms with Crippen molar-refractivity contribution in [3.8, 4) is 0 Å². The topological polar surface area (TPSA) is 116 Å². The normalized spacial score (nSPS) is 14.6. The Morgan fingerprint density at radius 3 is 3.04 bits per heavy atom. The number of carbonyl (C=O) groups excluding carboxylic acids is 1. The molecule has 2 aromatic heterocycles. The molecule has 1 atom stereocenters. The summed E-state index contributed by atoms with van der Waals surface area (Å²) in [5.41, 5.74) is 3.32. The first-order valence-electron chi connectivity index (χ1n) is 9.22. The molecule has 4 rings (SSSR count). The number of nitrogens with zero attached hydrogens (tertiary/aromatic N) is 4. The average Bonchev–Trinajstić information content (AvgIpc) is 3.14. The minimum atomic E-state index is -0.190. The summed E-state index contributed by atoms with van der Waals surface area (Å²) in [7, 11) is 0. The zero-order valence-corrected chi connectivity index (χ0v) is 15.6. The zero-order valence-electron chi connectivity index (χ0n) is 15.6. The number of urea groups is 1. The highest BCUT2D eigenvalue weighted by molar-refractivity contribution is 5.75. The number of nitrogens with one attached hydrogen (secondary N) is 2. The second-order valence-corrected chi connectivity index (χ2v) is 6.80. The van der Waals surface area contributed by atoms with Gasteiger partial charge < -0.3 is 25.1 Å². The van der Waals surface area contributed by atoms with Crippen molar-refractivity contribution < 1.29 is 14.3 Å². The molecular weight excluding hydrogens is 360 g/mol. The highest BCUT2D eigenvalue weighted by Crippen LogP contribution is 2.18. The van der Waals surface area contributed by atoms with Crippen LogP contribution in [0, 0.1) is 0 Å². The Balaban J connectivity index is 1.38. The van der Waals surface area contributed by atoms with E-state index in [0.717, 1.165) is 16.8 Å². The summed E-state index contributed by atoms with van der Waals surface area (Å²) in [5.74, 6) is 0.924. The van der Waals surface area contributed by atoms with Crippen LogP contribution in [0.2, 0.25) is 0 Å². The number of amides is 2. The van der Waals surface area contributed by atoms with Crippen molar-refractivity contribution >= 4 is 23.1 Å². The second kappa shape index (κ2) is 7.81. The van der Waals surface area contributed by atoms with E-state index in [9.17, 15) is 4.79 Å². The smallest absolute Gasteiger partial charge is 0.318 e. The number of aliphatic hydroxyl groups excluding tert-OH is 1. The molecule has 0 saturated carbocycles. The third kappa shape index (κ3) is 3.89. The van der Waals surface area contributed by atoms with Crippen molar-refractivity contribution in [3.05, 3.63) is 47.6 Å². The van der Waals surface area contributed by atoms with Crippen LogP contribution >= 0.6 is 0 Å². The molecule has 3 heterocycles. The number of oxazole rings is 1. The summed E-state index contributed by atoms with van der Waals surface area (Å²) >= 11 is 0. The molecule has 1 aliphatic rings. The fourth-order valence-corrected chi connectivity index (χ4v) is 3.07. The molecule has 146 valence electrons. The molecule has 2 amide bonds. The minimum Gasteiger partial charge on any atom is -0.439 e. The van der Waals surface area contributed by atoms with E-state index in [1.54, 1.807) is 11.1 Å². The summed E-state index contributed by atoms with van der Waals surface area (Å²) in [6.07, 6.45) is 2.48. The molecule has 9 nitrogen and oxygen atoms in total. The number of hydrogen-bond acceptors (Lipinski definition) is 7.